The van der Waals surface area contributed by atoms with E-state index >= 15 is 0 Å². The summed E-state index contributed by atoms with van der Waals surface area (Å²) in [6.45, 7) is 4.82. The molecule has 166 valence electrons. The number of anilines is 1. The Balaban J connectivity index is 1.61. The minimum absolute atomic E-state index is 0.206. The molecule has 0 saturated heterocycles. The summed E-state index contributed by atoms with van der Waals surface area (Å²) >= 11 is 0. The number of fused-ring (bicyclic) bond motifs is 2. The van der Waals surface area contributed by atoms with Crippen LogP contribution >= 0.6 is 0 Å². The second-order valence-corrected chi connectivity index (χ2v) is 7.84. The lowest BCUT2D eigenvalue weighted by Crippen LogP contribution is -2.12. The number of carbonyl (C=O) groups is 1. The molecule has 0 fully saturated rings. The SMILES string of the molecule is CCOC(=O)Cc1c(C)n(-c2nc(NCc3ccccc3)c3cccn3n2)c2ccccc12. The van der Waals surface area contributed by atoms with Crippen LogP contribution in [0.25, 0.3) is 22.4 Å². The van der Waals surface area contributed by atoms with Crippen LogP contribution < -0.4 is 5.32 Å². The van der Waals surface area contributed by atoms with Crippen LogP contribution in [0.15, 0.2) is 72.9 Å². The molecule has 33 heavy (non-hydrogen) atoms. The van der Waals surface area contributed by atoms with Gasteiger partial charge in [0.05, 0.1) is 18.5 Å². The van der Waals surface area contributed by atoms with Gasteiger partial charge in [0.15, 0.2) is 5.82 Å². The maximum atomic E-state index is 12.3. The Bertz CT molecular complexity index is 1440. The number of esters is 1. The number of aromatic nitrogens is 4. The molecule has 5 rings (SSSR count). The Morgan fingerprint density at radius 3 is 2.58 bits per heavy atom. The van der Waals surface area contributed by atoms with Crippen molar-refractivity contribution in [3.05, 3.63) is 89.7 Å². The summed E-state index contributed by atoms with van der Waals surface area (Å²) in [5, 5.41) is 9.24. The lowest BCUT2D eigenvalue weighted by Gasteiger charge is -2.12. The standard InChI is InChI=1S/C26H25N5O2/c1-3-33-24(32)16-21-18(2)31(22-13-8-7-12-20(21)22)26-28-25(23-14-9-15-30(23)29-26)27-17-19-10-5-4-6-11-19/h4-15H,3,16-17H2,1-2H3,(H,27,28,29). The quantitative estimate of drug-likeness (QED) is 0.372. The summed E-state index contributed by atoms with van der Waals surface area (Å²) in [5.41, 5.74) is 4.87. The van der Waals surface area contributed by atoms with Crippen molar-refractivity contribution in [2.45, 2.75) is 26.8 Å². The molecule has 1 N–H and O–H groups in total. The minimum atomic E-state index is -0.240. The Labute approximate surface area is 191 Å². The average Bonchev–Trinajstić information content (AvgIpc) is 3.41. The van der Waals surface area contributed by atoms with Crippen LogP contribution in [-0.4, -0.2) is 31.7 Å². The lowest BCUT2D eigenvalue weighted by atomic mass is 10.1. The van der Waals surface area contributed by atoms with Crippen molar-refractivity contribution < 1.29 is 9.53 Å². The maximum Gasteiger partial charge on any atom is 0.310 e. The number of carbonyl (C=O) groups excluding carboxylic acids is 1. The van der Waals surface area contributed by atoms with Crippen LogP contribution in [0.4, 0.5) is 5.82 Å². The topological polar surface area (TPSA) is 73.5 Å². The molecule has 5 aromatic rings. The second-order valence-electron chi connectivity index (χ2n) is 7.84. The summed E-state index contributed by atoms with van der Waals surface area (Å²) in [6, 6.07) is 22.2. The molecule has 0 aliphatic heterocycles. The van der Waals surface area contributed by atoms with Crippen LogP contribution in [-0.2, 0) is 22.5 Å². The zero-order valence-corrected chi connectivity index (χ0v) is 18.7. The van der Waals surface area contributed by atoms with Gasteiger partial charge in [-0.1, -0.05) is 48.5 Å². The third-order valence-corrected chi connectivity index (χ3v) is 5.75. The summed E-state index contributed by atoms with van der Waals surface area (Å²) in [7, 11) is 0. The van der Waals surface area contributed by atoms with Gasteiger partial charge in [-0.15, -0.1) is 5.10 Å². The molecule has 0 unspecified atom stereocenters. The first kappa shape index (κ1) is 20.8. The number of rotatable bonds is 7. The number of hydrogen-bond acceptors (Lipinski definition) is 5. The van der Waals surface area contributed by atoms with E-state index in [0.29, 0.717) is 19.1 Å². The van der Waals surface area contributed by atoms with Crippen molar-refractivity contribution in [3.63, 3.8) is 0 Å². The fourth-order valence-electron chi connectivity index (χ4n) is 4.20. The van der Waals surface area contributed by atoms with Gasteiger partial charge in [-0.3, -0.25) is 9.36 Å². The molecule has 3 aromatic heterocycles. The number of ether oxygens (including phenoxy) is 1. The fraction of sp³-hybridized carbons (Fsp3) is 0.192. The first-order chi connectivity index (χ1) is 16.2. The van der Waals surface area contributed by atoms with Crippen molar-refractivity contribution in [3.8, 4) is 5.95 Å². The summed E-state index contributed by atoms with van der Waals surface area (Å²) in [6.07, 6.45) is 2.12. The Morgan fingerprint density at radius 2 is 1.76 bits per heavy atom. The highest BCUT2D eigenvalue weighted by Crippen LogP contribution is 2.29. The molecule has 7 heteroatoms. The Morgan fingerprint density at radius 1 is 1.00 bits per heavy atom. The van der Waals surface area contributed by atoms with E-state index in [0.717, 1.165) is 33.5 Å². The fourth-order valence-corrected chi connectivity index (χ4v) is 4.20. The molecule has 0 spiro atoms. The van der Waals surface area contributed by atoms with Crippen molar-refractivity contribution in [2.24, 2.45) is 0 Å². The zero-order valence-electron chi connectivity index (χ0n) is 18.7. The van der Waals surface area contributed by atoms with E-state index < -0.39 is 0 Å². The van der Waals surface area contributed by atoms with E-state index in [2.05, 4.69) is 17.4 Å². The largest absolute Gasteiger partial charge is 0.466 e. The third kappa shape index (κ3) is 3.93. The van der Waals surface area contributed by atoms with Crippen molar-refractivity contribution >= 4 is 28.2 Å². The van der Waals surface area contributed by atoms with Crippen LogP contribution in [0.1, 0.15) is 23.7 Å². The smallest absolute Gasteiger partial charge is 0.310 e. The molecular weight excluding hydrogens is 414 g/mol. The molecule has 3 heterocycles. The van der Waals surface area contributed by atoms with Crippen LogP contribution in [0, 0.1) is 6.92 Å². The van der Waals surface area contributed by atoms with E-state index in [-0.39, 0.29) is 12.4 Å². The molecule has 0 saturated carbocycles. The van der Waals surface area contributed by atoms with Crippen LogP contribution in [0.2, 0.25) is 0 Å². The Hall–Kier alpha value is -4.13. The van der Waals surface area contributed by atoms with Gasteiger partial charge in [-0.25, -0.2) is 4.52 Å². The first-order valence-electron chi connectivity index (χ1n) is 11.0. The lowest BCUT2D eigenvalue weighted by molar-refractivity contribution is -0.142. The van der Waals surface area contributed by atoms with Gasteiger partial charge in [0.1, 0.15) is 5.52 Å². The average molecular weight is 440 g/mol. The molecular formula is C26H25N5O2. The van der Waals surface area contributed by atoms with E-state index in [1.165, 1.54) is 5.56 Å². The predicted octanol–water partition coefficient (Wildman–Crippen LogP) is 4.70. The number of benzene rings is 2. The third-order valence-electron chi connectivity index (χ3n) is 5.75. The highest BCUT2D eigenvalue weighted by atomic mass is 16.5. The Kier molecular flexibility index (Phi) is 5.52. The van der Waals surface area contributed by atoms with Gasteiger partial charge in [0, 0.05) is 23.8 Å². The summed E-state index contributed by atoms with van der Waals surface area (Å²) in [5.74, 6) is 1.05. The van der Waals surface area contributed by atoms with Gasteiger partial charge in [0.2, 0.25) is 0 Å². The van der Waals surface area contributed by atoms with Crippen molar-refractivity contribution in [2.75, 3.05) is 11.9 Å². The van der Waals surface area contributed by atoms with Gasteiger partial charge in [0.25, 0.3) is 5.95 Å². The monoisotopic (exact) mass is 439 g/mol. The highest BCUT2D eigenvalue weighted by molar-refractivity contribution is 5.90. The van der Waals surface area contributed by atoms with E-state index in [1.54, 1.807) is 0 Å². The van der Waals surface area contributed by atoms with Crippen LogP contribution in [0.3, 0.4) is 0 Å². The molecule has 0 radical (unpaired) electrons. The normalized spacial score (nSPS) is 11.2. The molecule has 0 amide bonds. The number of nitrogens with one attached hydrogen (secondary N) is 1. The molecule has 0 aliphatic carbocycles. The van der Waals surface area contributed by atoms with Crippen LogP contribution in [0.5, 0.6) is 0 Å². The summed E-state index contributed by atoms with van der Waals surface area (Å²) < 4.78 is 9.05. The van der Waals surface area contributed by atoms with Crippen molar-refractivity contribution in [1.82, 2.24) is 19.2 Å². The zero-order chi connectivity index (χ0) is 22.8. The highest BCUT2D eigenvalue weighted by Gasteiger charge is 2.20. The number of para-hydroxylation sites is 1. The summed E-state index contributed by atoms with van der Waals surface area (Å²) in [4.78, 5) is 17.2. The predicted molar refractivity (Wildman–Crippen MR) is 129 cm³/mol. The van der Waals surface area contributed by atoms with E-state index in [9.17, 15) is 4.79 Å². The minimum Gasteiger partial charge on any atom is -0.466 e. The maximum absolute atomic E-state index is 12.3. The second kappa shape index (κ2) is 8.78. The molecule has 0 aliphatic rings. The molecule has 0 atom stereocenters. The van der Waals surface area contributed by atoms with Gasteiger partial charge >= 0.3 is 5.97 Å². The van der Waals surface area contributed by atoms with Crippen molar-refractivity contribution in [1.29, 1.82) is 0 Å². The van der Waals surface area contributed by atoms with E-state index in [4.69, 9.17) is 14.8 Å². The molecule has 2 aromatic carbocycles. The molecule has 7 nitrogen and oxygen atoms in total. The van der Waals surface area contributed by atoms with E-state index in [1.807, 2.05) is 83.7 Å². The van der Waals surface area contributed by atoms with Gasteiger partial charge in [-0.05, 0) is 43.2 Å². The van der Waals surface area contributed by atoms with Gasteiger partial charge in [-0.2, -0.15) is 4.98 Å². The van der Waals surface area contributed by atoms with Gasteiger partial charge < -0.3 is 10.1 Å². The number of hydrogen-bond donors (Lipinski definition) is 1. The number of nitrogens with zero attached hydrogens (tertiary/aromatic N) is 4. The molecule has 0 bridgehead atoms. The first-order valence-corrected chi connectivity index (χ1v) is 11.0.